The monoisotopic (exact) mass is 398 g/mol. The lowest BCUT2D eigenvalue weighted by Crippen LogP contribution is -2.13. The van der Waals surface area contributed by atoms with Crippen molar-refractivity contribution in [3.8, 4) is 0 Å². The van der Waals surface area contributed by atoms with Gasteiger partial charge in [-0.25, -0.2) is 9.97 Å². The third-order valence-electron chi connectivity index (χ3n) is 5.31. The molecule has 1 saturated carbocycles. The largest absolute Gasteiger partial charge is 0.362 e. The number of nitrogens with one attached hydrogen (secondary N) is 3. The van der Waals surface area contributed by atoms with Crippen LogP contribution in [0.5, 0.6) is 0 Å². The molecule has 0 bridgehead atoms. The number of anilines is 2. The quantitative estimate of drug-likeness (QED) is 0.439. The zero-order valence-corrected chi connectivity index (χ0v) is 16.6. The summed E-state index contributed by atoms with van der Waals surface area (Å²) in [6.45, 7) is 2.05. The van der Waals surface area contributed by atoms with Crippen LogP contribution >= 0.6 is 0 Å². The van der Waals surface area contributed by atoms with Crippen LogP contribution in [0.4, 0.5) is 11.5 Å². The van der Waals surface area contributed by atoms with E-state index in [-0.39, 0.29) is 11.9 Å². The molecule has 30 heavy (non-hydrogen) atoms. The molecule has 0 spiro atoms. The van der Waals surface area contributed by atoms with Gasteiger partial charge < -0.3 is 15.6 Å². The Bertz CT molecular complexity index is 1200. The first-order valence-electron chi connectivity index (χ1n) is 10.1. The minimum absolute atomic E-state index is 0.00737. The Kier molecular flexibility index (Phi) is 4.63. The summed E-state index contributed by atoms with van der Waals surface area (Å²) >= 11 is 0. The van der Waals surface area contributed by atoms with Gasteiger partial charge in [-0.05, 0) is 55.7 Å². The molecule has 7 heteroatoms. The maximum Gasteiger partial charge on any atom is 0.257 e. The van der Waals surface area contributed by atoms with Gasteiger partial charge in [0.2, 0.25) is 0 Å². The topological polar surface area (TPSA) is 95.6 Å². The summed E-state index contributed by atoms with van der Waals surface area (Å²) in [7, 11) is 0. The lowest BCUT2D eigenvalue weighted by atomic mass is 10.1. The van der Waals surface area contributed by atoms with Gasteiger partial charge in [-0.15, -0.1) is 0 Å². The van der Waals surface area contributed by atoms with E-state index in [9.17, 15) is 4.79 Å². The standard InChI is InChI=1S/C23H22N6O/c1-14(27-21-13-26-22-20(29-21)9-10-24-22)16-3-2-4-18(11-16)28-23(30)17-7-8-19(25-12-17)15-5-6-15/h2-4,7-15H,5-6H2,1H3,(H,24,26)(H,27,29)(H,28,30)/t14-/m0/s1. The highest BCUT2D eigenvalue weighted by Crippen LogP contribution is 2.38. The van der Waals surface area contributed by atoms with Crippen molar-refractivity contribution >= 4 is 28.6 Å². The Labute approximate surface area is 174 Å². The average molecular weight is 398 g/mol. The lowest BCUT2D eigenvalue weighted by molar-refractivity contribution is 0.102. The predicted molar refractivity (Wildman–Crippen MR) is 117 cm³/mol. The van der Waals surface area contributed by atoms with E-state index in [1.807, 2.05) is 55.6 Å². The summed E-state index contributed by atoms with van der Waals surface area (Å²) in [5.74, 6) is 1.12. The number of H-pyrrole nitrogens is 1. The molecule has 0 saturated heterocycles. The van der Waals surface area contributed by atoms with Crippen LogP contribution in [0, 0.1) is 0 Å². The number of fused-ring (bicyclic) bond motifs is 1. The van der Waals surface area contributed by atoms with Crippen molar-refractivity contribution in [1.29, 1.82) is 0 Å². The minimum Gasteiger partial charge on any atom is -0.362 e. The van der Waals surface area contributed by atoms with Crippen LogP contribution in [0.2, 0.25) is 0 Å². The van der Waals surface area contributed by atoms with Crippen molar-refractivity contribution in [2.45, 2.75) is 31.7 Å². The van der Waals surface area contributed by atoms with Crippen molar-refractivity contribution in [3.05, 3.63) is 77.9 Å². The van der Waals surface area contributed by atoms with E-state index in [0.717, 1.165) is 28.1 Å². The normalized spacial score (nSPS) is 14.4. The van der Waals surface area contributed by atoms with E-state index < -0.39 is 0 Å². The number of hydrogen-bond acceptors (Lipinski definition) is 5. The third-order valence-corrected chi connectivity index (χ3v) is 5.31. The molecular formula is C23H22N6O. The molecule has 1 fully saturated rings. The fourth-order valence-electron chi connectivity index (χ4n) is 3.45. The zero-order chi connectivity index (χ0) is 20.5. The van der Waals surface area contributed by atoms with Crippen LogP contribution in [-0.2, 0) is 0 Å². The molecule has 7 nitrogen and oxygen atoms in total. The Hall–Kier alpha value is -3.74. The first-order chi connectivity index (χ1) is 14.7. The zero-order valence-electron chi connectivity index (χ0n) is 16.6. The fourth-order valence-corrected chi connectivity index (χ4v) is 3.45. The molecule has 0 aliphatic heterocycles. The molecule has 4 aromatic rings. The number of benzene rings is 1. The molecule has 0 radical (unpaired) electrons. The maximum atomic E-state index is 12.6. The highest BCUT2D eigenvalue weighted by Gasteiger charge is 2.24. The van der Waals surface area contributed by atoms with Crippen molar-refractivity contribution in [2.24, 2.45) is 0 Å². The second-order valence-electron chi connectivity index (χ2n) is 7.66. The van der Waals surface area contributed by atoms with Crippen LogP contribution in [0.1, 0.15) is 53.3 Å². The summed E-state index contributed by atoms with van der Waals surface area (Å²) in [4.78, 5) is 29.0. The average Bonchev–Trinajstić information content (AvgIpc) is 3.51. The summed E-state index contributed by atoms with van der Waals surface area (Å²) in [5, 5.41) is 6.33. The van der Waals surface area contributed by atoms with Gasteiger partial charge in [0, 0.05) is 29.7 Å². The van der Waals surface area contributed by atoms with Gasteiger partial charge in [0.15, 0.2) is 5.65 Å². The van der Waals surface area contributed by atoms with Gasteiger partial charge in [0.25, 0.3) is 5.91 Å². The number of nitrogens with zero attached hydrogens (tertiary/aromatic N) is 3. The van der Waals surface area contributed by atoms with Gasteiger partial charge in [-0.1, -0.05) is 12.1 Å². The van der Waals surface area contributed by atoms with E-state index in [2.05, 4.69) is 30.6 Å². The van der Waals surface area contributed by atoms with E-state index in [4.69, 9.17) is 0 Å². The first-order valence-corrected chi connectivity index (χ1v) is 10.1. The molecule has 3 N–H and O–H groups in total. The van der Waals surface area contributed by atoms with Gasteiger partial charge in [-0.2, -0.15) is 0 Å². The van der Waals surface area contributed by atoms with E-state index in [0.29, 0.717) is 17.3 Å². The number of pyridine rings is 1. The number of carbonyl (C=O) groups is 1. The van der Waals surface area contributed by atoms with E-state index in [1.165, 1.54) is 12.8 Å². The number of hydrogen-bond donors (Lipinski definition) is 3. The third kappa shape index (κ3) is 3.87. The van der Waals surface area contributed by atoms with E-state index in [1.54, 1.807) is 12.4 Å². The molecule has 1 aliphatic carbocycles. The van der Waals surface area contributed by atoms with Crippen molar-refractivity contribution < 1.29 is 4.79 Å². The second kappa shape index (κ2) is 7.59. The highest BCUT2D eigenvalue weighted by molar-refractivity contribution is 6.04. The van der Waals surface area contributed by atoms with Crippen LogP contribution in [0.25, 0.3) is 11.2 Å². The Morgan fingerprint density at radius 3 is 2.83 bits per heavy atom. The minimum atomic E-state index is -0.161. The van der Waals surface area contributed by atoms with E-state index >= 15 is 0 Å². The fraction of sp³-hybridized carbons (Fsp3) is 0.217. The molecule has 3 aromatic heterocycles. The summed E-state index contributed by atoms with van der Waals surface area (Å²) in [6, 6.07) is 13.5. The first kappa shape index (κ1) is 18.3. The maximum absolute atomic E-state index is 12.6. The summed E-state index contributed by atoms with van der Waals surface area (Å²) < 4.78 is 0. The Morgan fingerprint density at radius 1 is 1.13 bits per heavy atom. The molecule has 1 aliphatic rings. The van der Waals surface area contributed by atoms with Crippen molar-refractivity contribution in [3.63, 3.8) is 0 Å². The van der Waals surface area contributed by atoms with Crippen LogP contribution < -0.4 is 10.6 Å². The SMILES string of the molecule is C[C@H](Nc1cnc2[nH]ccc2n1)c1cccc(NC(=O)c2ccc(C3CC3)nc2)c1. The summed E-state index contributed by atoms with van der Waals surface area (Å²) in [6.07, 6.45) is 7.58. The van der Waals surface area contributed by atoms with Gasteiger partial charge >= 0.3 is 0 Å². The van der Waals surface area contributed by atoms with Gasteiger partial charge in [0.05, 0.1) is 17.8 Å². The molecule has 3 heterocycles. The smallest absolute Gasteiger partial charge is 0.257 e. The van der Waals surface area contributed by atoms with Crippen LogP contribution in [0.3, 0.4) is 0 Å². The lowest BCUT2D eigenvalue weighted by Gasteiger charge is -2.16. The Morgan fingerprint density at radius 2 is 2.03 bits per heavy atom. The number of aromatic amines is 1. The molecule has 0 unspecified atom stereocenters. The van der Waals surface area contributed by atoms with Gasteiger partial charge in [0.1, 0.15) is 11.3 Å². The van der Waals surface area contributed by atoms with Gasteiger partial charge in [-0.3, -0.25) is 9.78 Å². The number of aromatic nitrogens is 4. The summed E-state index contributed by atoms with van der Waals surface area (Å²) in [5.41, 5.74) is 4.99. The molecular weight excluding hydrogens is 376 g/mol. The van der Waals surface area contributed by atoms with Crippen molar-refractivity contribution in [2.75, 3.05) is 10.6 Å². The molecule has 1 amide bonds. The number of amides is 1. The van der Waals surface area contributed by atoms with Crippen molar-refractivity contribution in [1.82, 2.24) is 19.9 Å². The number of carbonyl (C=O) groups excluding carboxylic acids is 1. The molecule has 1 atom stereocenters. The van der Waals surface area contributed by atoms with Crippen LogP contribution in [-0.4, -0.2) is 25.8 Å². The molecule has 5 rings (SSSR count). The Balaban J connectivity index is 1.27. The molecule has 150 valence electrons. The molecule has 1 aromatic carbocycles. The predicted octanol–water partition coefficient (Wildman–Crippen LogP) is 4.66. The highest BCUT2D eigenvalue weighted by atomic mass is 16.1. The second-order valence-corrected chi connectivity index (χ2v) is 7.66. The number of rotatable bonds is 6. The van der Waals surface area contributed by atoms with Crippen LogP contribution in [0.15, 0.2) is 61.1 Å².